The molecule has 24 heavy (non-hydrogen) atoms. The van der Waals surface area contributed by atoms with Crippen LogP contribution in [0.3, 0.4) is 0 Å². The van der Waals surface area contributed by atoms with Crippen LogP contribution in [-0.4, -0.2) is 43.2 Å². The smallest absolute Gasteiger partial charge is 0.238 e. The van der Waals surface area contributed by atoms with Crippen LogP contribution in [0.5, 0.6) is 0 Å². The Balaban J connectivity index is 1.69. The van der Waals surface area contributed by atoms with Gasteiger partial charge >= 0.3 is 0 Å². The van der Waals surface area contributed by atoms with Gasteiger partial charge in [-0.15, -0.1) is 6.58 Å². The van der Waals surface area contributed by atoms with Crippen molar-refractivity contribution in [3.63, 3.8) is 0 Å². The van der Waals surface area contributed by atoms with Crippen LogP contribution in [0.25, 0.3) is 0 Å². The van der Waals surface area contributed by atoms with Crippen molar-refractivity contribution in [1.82, 2.24) is 4.90 Å². The van der Waals surface area contributed by atoms with Crippen LogP contribution < -0.4 is 5.32 Å². The van der Waals surface area contributed by atoms with Gasteiger partial charge in [-0.2, -0.15) is 0 Å². The molecule has 1 aromatic carbocycles. The highest BCUT2D eigenvalue weighted by Crippen LogP contribution is 2.73. The standard InChI is InChI=1S/C20H22N2O2/c1-3-19-10-22(2)16-11-9-24-15(8-13(11)19)20(17(16)19)12-6-4-5-7-14(12)21-18(20)23/h3-7,11,13,15-17H,1,8-10H2,2H3,(H,21,23)/t11-,13+,15+,16-,17+,19-,20+/m1/s1. The fourth-order valence-electron chi connectivity index (χ4n) is 7.38. The van der Waals surface area contributed by atoms with E-state index in [1.54, 1.807) is 0 Å². The molecule has 6 rings (SSSR count). The Morgan fingerprint density at radius 2 is 2.25 bits per heavy atom. The topological polar surface area (TPSA) is 41.6 Å². The number of hydrogen-bond donors (Lipinski definition) is 1. The summed E-state index contributed by atoms with van der Waals surface area (Å²) >= 11 is 0. The second-order valence-corrected chi connectivity index (χ2v) is 8.40. The van der Waals surface area contributed by atoms with Gasteiger partial charge in [-0.1, -0.05) is 24.3 Å². The van der Waals surface area contributed by atoms with E-state index in [1.807, 2.05) is 12.1 Å². The molecule has 124 valence electrons. The SMILES string of the molecule is C=C[C@@]12CN(C)[C@@H]3[C@@H]4CO[C@@H](C[C@@H]41)[C@]1(C(=O)Nc4ccccc41)[C@@H]32. The normalized spacial score (nSPS) is 50.4. The van der Waals surface area contributed by atoms with Crippen LogP contribution in [0.1, 0.15) is 12.0 Å². The molecule has 0 unspecified atom stereocenters. The van der Waals surface area contributed by atoms with E-state index < -0.39 is 5.41 Å². The van der Waals surface area contributed by atoms with E-state index in [0.29, 0.717) is 17.9 Å². The number of carbonyl (C=O) groups excluding carboxylic acids is 1. The van der Waals surface area contributed by atoms with E-state index in [4.69, 9.17) is 4.74 Å². The zero-order chi connectivity index (χ0) is 16.3. The molecule has 1 aromatic rings. The number of nitrogens with one attached hydrogen (secondary N) is 1. The largest absolute Gasteiger partial charge is 0.376 e. The number of nitrogens with zero attached hydrogens (tertiary/aromatic N) is 1. The van der Waals surface area contributed by atoms with Gasteiger partial charge in [0.1, 0.15) is 5.41 Å². The first-order chi connectivity index (χ1) is 11.6. The molecule has 7 atom stereocenters. The van der Waals surface area contributed by atoms with E-state index in [0.717, 1.165) is 30.8 Å². The van der Waals surface area contributed by atoms with Crippen molar-refractivity contribution in [2.24, 2.45) is 23.2 Å². The fraction of sp³-hybridized carbons (Fsp3) is 0.550. The summed E-state index contributed by atoms with van der Waals surface area (Å²) in [5, 5.41) is 3.18. The Morgan fingerprint density at radius 3 is 3.08 bits per heavy atom. The Bertz CT molecular complexity index is 792. The van der Waals surface area contributed by atoms with Gasteiger partial charge in [0.05, 0.1) is 12.7 Å². The minimum atomic E-state index is -0.554. The highest BCUT2D eigenvalue weighted by atomic mass is 16.5. The molecule has 4 heteroatoms. The van der Waals surface area contributed by atoms with Crippen LogP contribution in [-0.2, 0) is 14.9 Å². The highest BCUT2D eigenvalue weighted by Gasteiger charge is 2.79. The van der Waals surface area contributed by atoms with Crippen LogP contribution >= 0.6 is 0 Å². The Morgan fingerprint density at radius 1 is 1.42 bits per heavy atom. The van der Waals surface area contributed by atoms with Gasteiger partial charge in [-0.05, 0) is 31.0 Å². The molecule has 1 N–H and O–H groups in total. The molecule has 1 amide bonds. The zero-order valence-electron chi connectivity index (χ0n) is 13.9. The molecule has 5 bridgehead atoms. The van der Waals surface area contributed by atoms with Crippen LogP contribution in [0.15, 0.2) is 36.9 Å². The first-order valence-electron chi connectivity index (χ1n) is 9.01. The van der Waals surface area contributed by atoms with Crippen molar-refractivity contribution in [2.45, 2.75) is 24.0 Å². The van der Waals surface area contributed by atoms with Gasteiger partial charge in [0.15, 0.2) is 0 Å². The number of benzene rings is 1. The van der Waals surface area contributed by atoms with Crippen molar-refractivity contribution in [3.05, 3.63) is 42.5 Å². The Kier molecular flexibility index (Phi) is 2.24. The third kappa shape index (κ3) is 1.12. The maximum Gasteiger partial charge on any atom is 0.238 e. The second kappa shape index (κ2) is 3.94. The number of amides is 1. The number of fused-ring (bicyclic) bond motifs is 5. The van der Waals surface area contributed by atoms with Crippen LogP contribution in [0.2, 0.25) is 0 Å². The predicted octanol–water partition coefficient (Wildman–Crippen LogP) is 2.03. The van der Waals surface area contributed by atoms with Crippen LogP contribution in [0, 0.1) is 23.2 Å². The maximum atomic E-state index is 13.4. The lowest BCUT2D eigenvalue weighted by atomic mass is 9.51. The molecule has 2 saturated heterocycles. The van der Waals surface area contributed by atoms with E-state index >= 15 is 0 Å². The quantitative estimate of drug-likeness (QED) is 0.805. The first kappa shape index (κ1) is 13.6. The van der Waals surface area contributed by atoms with Gasteiger partial charge in [0.2, 0.25) is 5.91 Å². The maximum absolute atomic E-state index is 13.4. The number of para-hydroxylation sites is 1. The van der Waals surface area contributed by atoms with Gasteiger partial charge in [-0.3, -0.25) is 4.79 Å². The number of hydrogen-bond acceptors (Lipinski definition) is 3. The number of rotatable bonds is 1. The number of anilines is 1. The number of carbonyl (C=O) groups is 1. The fourth-order valence-corrected chi connectivity index (χ4v) is 7.38. The molecular formula is C20H22N2O2. The summed E-state index contributed by atoms with van der Waals surface area (Å²) in [6, 6.07) is 8.64. The van der Waals surface area contributed by atoms with Gasteiger partial charge in [0, 0.05) is 35.5 Å². The van der Waals surface area contributed by atoms with Gasteiger partial charge in [-0.25, -0.2) is 0 Å². The number of piperidine rings is 1. The molecular weight excluding hydrogens is 300 g/mol. The lowest BCUT2D eigenvalue weighted by Gasteiger charge is -2.54. The van der Waals surface area contributed by atoms with Crippen molar-refractivity contribution in [2.75, 3.05) is 25.5 Å². The molecule has 2 saturated carbocycles. The lowest BCUT2D eigenvalue weighted by Crippen LogP contribution is -2.62. The summed E-state index contributed by atoms with van der Waals surface area (Å²) in [4.78, 5) is 15.9. The summed E-state index contributed by atoms with van der Waals surface area (Å²) in [5.41, 5.74) is 1.61. The predicted molar refractivity (Wildman–Crippen MR) is 90.6 cm³/mol. The lowest BCUT2D eigenvalue weighted by molar-refractivity contribution is -0.153. The summed E-state index contributed by atoms with van der Waals surface area (Å²) in [6.45, 7) is 6.06. The zero-order valence-corrected chi connectivity index (χ0v) is 13.9. The summed E-state index contributed by atoms with van der Waals surface area (Å²) < 4.78 is 6.34. The van der Waals surface area contributed by atoms with Crippen molar-refractivity contribution in [3.8, 4) is 0 Å². The Hall–Kier alpha value is -1.65. The molecule has 3 aliphatic heterocycles. The number of likely N-dealkylation sites (tertiary alicyclic amines) is 1. The summed E-state index contributed by atoms with van der Waals surface area (Å²) in [7, 11) is 2.21. The first-order valence-corrected chi connectivity index (χ1v) is 9.01. The van der Waals surface area contributed by atoms with Crippen molar-refractivity contribution < 1.29 is 9.53 Å². The minimum absolute atomic E-state index is 0.00280. The van der Waals surface area contributed by atoms with Crippen LogP contribution in [0.4, 0.5) is 5.69 Å². The molecule has 0 radical (unpaired) electrons. The van der Waals surface area contributed by atoms with Gasteiger partial charge < -0.3 is 15.0 Å². The molecule has 5 aliphatic rings. The van der Waals surface area contributed by atoms with E-state index in [1.165, 1.54) is 0 Å². The van der Waals surface area contributed by atoms with Crippen molar-refractivity contribution in [1.29, 1.82) is 0 Å². The summed E-state index contributed by atoms with van der Waals surface area (Å²) in [6.07, 6.45) is 3.17. The third-order valence-corrected chi connectivity index (χ3v) is 7.93. The Labute approximate surface area is 141 Å². The number of ether oxygens (including phenoxy) is 1. The van der Waals surface area contributed by atoms with Gasteiger partial charge in [0.25, 0.3) is 0 Å². The van der Waals surface area contributed by atoms with Crippen molar-refractivity contribution >= 4 is 11.6 Å². The average Bonchev–Trinajstić information content (AvgIpc) is 3.08. The monoisotopic (exact) mass is 322 g/mol. The third-order valence-electron chi connectivity index (χ3n) is 7.93. The minimum Gasteiger partial charge on any atom is -0.376 e. The molecule has 1 spiro atoms. The molecule has 2 aliphatic carbocycles. The average molecular weight is 322 g/mol. The van der Waals surface area contributed by atoms with E-state index in [2.05, 4.69) is 42.1 Å². The highest BCUT2D eigenvalue weighted by molar-refractivity contribution is 6.07. The molecule has 4 fully saturated rings. The molecule has 4 nitrogen and oxygen atoms in total. The molecule has 3 heterocycles. The summed E-state index contributed by atoms with van der Waals surface area (Å²) in [5.74, 6) is 1.56. The van der Waals surface area contributed by atoms with E-state index in [-0.39, 0.29) is 23.3 Å². The molecule has 0 aromatic heterocycles. The van der Waals surface area contributed by atoms with E-state index in [9.17, 15) is 4.79 Å². The second-order valence-electron chi connectivity index (χ2n) is 8.40.